The van der Waals surface area contributed by atoms with Crippen molar-refractivity contribution in [1.29, 1.82) is 0 Å². The number of nitrogens with zero attached hydrogens (tertiary/aromatic N) is 2. The Kier molecular flexibility index (Phi) is 7.20. The van der Waals surface area contributed by atoms with E-state index in [1.165, 1.54) is 0 Å². The number of anilines is 1. The molecule has 3 aromatic rings. The van der Waals surface area contributed by atoms with Gasteiger partial charge in [-0.3, -0.25) is 0 Å². The van der Waals surface area contributed by atoms with Crippen LogP contribution in [-0.2, 0) is 0 Å². The van der Waals surface area contributed by atoms with Gasteiger partial charge in [-0.1, -0.05) is 39.3 Å². The molecule has 0 fully saturated rings. The summed E-state index contributed by atoms with van der Waals surface area (Å²) in [6.45, 7) is 12.3. The molecule has 0 aliphatic heterocycles. The number of hydrogen-bond donors (Lipinski definition) is 1. The maximum absolute atomic E-state index is 6.26. The topological polar surface area (TPSA) is 37.4 Å². The predicted molar refractivity (Wildman–Crippen MR) is 125 cm³/mol. The summed E-state index contributed by atoms with van der Waals surface area (Å²) in [7, 11) is 1.70. The molecule has 2 unspecified atom stereocenters. The fraction of sp³-hybridized carbons (Fsp3) is 0.458. The Morgan fingerprint density at radius 3 is 2.45 bits per heavy atom. The van der Waals surface area contributed by atoms with Crippen LogP contribution in [0.15, 0.2) is 36.4 Å². The molecular formula is C24H32ClN3O. The Morgan fingerprint density at radius 2 is 1.79 bits per heavy atom. The molecule has 0 spiro atoms. The quantitative estimate of drug-likeness (QED) is 0.422. The van der Waals surface area contributed by atoms with E-state index in [0.717, 1.165) is 59.3 Å². The number of pyridine rings is 1. The summed E-state index contributed by atoms with van der Waals surface area (Å²) >= 11 is 6.26. The molecule has 2 atom stereocenters. The lowest BCUT2D eigenvalue weighted by atomic mass is 9.97. The van der Waals surface area contributed by atoms with Gasteiger partial charge in [-0.2, -0.15) is 0 Å². The van der Waals surface area contributed by atoms with E-state index < -0.39 is 0 Å². The predicted octanol–water partition coefficient (Wildman–Crippen LogP) is 6.22. The van der Waals surface area contributed by atoms with Crippen LogP contribution >= 0.6 is 11.6 Å². The molecule has 4 nitrogen and oxygen atoms in total. The number of benzene rings is 2. The minimum Gasteiger partial charge on any atom is -0.497 e. The molecule has 0 aliphatic carbocycles. The van der Waals surface area contributed by atoms with Crippen molar-refractivity contribution in [1.82, 2.24) is 9.88 Å². The van der Waals surface area contributed by atoms with E-state index in [0.29, 0.717) is 17.0 Å². The summed E-state index contributed by atoms with van der Waals surface area (Å²) in [6, 6.07) is 12.3. The van der Waals surface area contributed by atoms with Crippen LogP contribution < -0.4 is 10.1 Å². The standard InChI is InChI=1S/C24H32ClN3O/c1-6-21(16(4)15-28(7-2)8-3)27-24-19-11-9-17(25)13-23(19)26-22-12-10-18(29-5)14-20(22)24/h9-14,16,21H,6-8,15H2,1-5H3,(H,26,27). The van der Waals surface area contributed by atoms with Gasteiger partial charge < -0.3 is 15.0 Å². The summed E-state index contributed by atoms with van der Waals surface area (Å²) in [5, 5.41) is 6.74. The second-order valence-electron chi connectivity index (χ2n) is 7.65. The molecule has 1 aromatic heterocycles. The first-order valence-corrected chi connectivity index (χ1v) is 10.9. The van der Waals surface area contributed by atoms with Crippen LogP contribution in [0.4, 0.5) is 5.69 Å². The number of hydrogen-bond acceptors (Lipinski definition) is 4. The monoisotopic (exact) mass is 413 g/mol. The molecule has 0 aliphatic rings. The van der Waals surface area contributed by atoms with Gasteiger partial charge in [-0.15, -0.1) is 0 Å². The zero-order valence-electron chi connectivity index (χ0n) is 18.1. The summed E-state index contributed by atoms with van der Waals surface area (Å²) in [5.41, 5.74) is 2.96. The Morgan fingerprint density at radius 1 is 1.03 bits per heavy atom. The van der Waals surface area contributed by atoms with Crippen LogP contribution in [0.5, 0.6) is 5.75 Å². The van der Waals surface area contributed by atoms with Crippen LogP contribution in [0.25, 0.3) is 21.8 Å². The van der Waals surface area contributed by atoms with E-state index in [1.54, 1.807) is 7.11 Å². The van der Waals surface area contributed by atoms with Crippen LogP contribution in [0.3, 0.4) is 0 Å². The zero-order valence-corrected chi connectivity index (χ0v) is 18.9. The van der Waals surface area contributed by atoms with Crippen LogP contribution in [0.1, 0.15) is 34.1 Å². The fourth-order valence-corrected chi connectivity index (χ4v) is 4.19. The van der Waals surface area contributed by atoms with E-state index >= 15 is 0 Å². The molecule has 29 heavy (non-hydrogen) atoms. The maximum Gasteiger partial charge on any atom is 0.119 e. The highest BCUT2D eigenvalue weighted by molar-refractivity contribution is 6.31. The molecule has 1 N–H and O–H groups in total. The second kappa shape index (κ2) is 9.64. The van der Waals surface area contributed by atoms with Crippen LogP contribution in [-0.4, -0.2) is 42.7 Å². The molecule has 5 heteroatoms. The Labute approximate surface area is 179 Å². The molecule has 0 bridgehead atoms. The van der Waals surface area contributed by atoms with Crippen molar-refractivity contribution in [2.45, 2.75) is 40.2 Å². The molecule has 0 saturated heterocycles. The van der Waals surface area contributed by atoms with Gasteiger partial charge in [0.05, 0.1) is 23.8 Å². The van der Waals surface area contributed by atoms with Gasteiger partial charge in [0.1, 0.15) is 5.75 Å². The van der Waals surface area contributed by atoms with Crippen molar-refractivity contribution in [2.24, 2.45) is 5.92 Å². The molecule has 0 saturated carbocycles. The second-order valence-corrected chi connectivity index (χ2v) is 8.09. The first kappa shape index (κ1) is 21.7. The zero-order chi connectivity index (χ0) is 21.0. The Hall–Kier alpha value is -2.04. The lowest BCUT2D eigenvalue weighted by Crippen LogP contribution is -2.37. The van der Waals surface area contributed by atoms with Crippen molar-refractivity contribution in [2.75, 3.05) is 32.1 Å². The van der Waals surface area contributed by atoms with Gasteiger partial charge in [0, 0.05) is 28.4 Å². The van der Waals surface area contributed by atoms with E-state index in [1.807, 2.05) is 24.3 Å². The third-order valence-corrected chi connectivity index (χ3v) is 6.08. The normalized spacial score (nSPS) is 13.8. The molecule has 3 rings (SSSR count). The number of aromatic nitrogens is 1. The summed E-state index contributed by atoms with van der Waals surface area (Å²) in [6.07, 6.45) is 1.05. The molecule has 0 radical (unpaired) electrons. The van der Waals surface area contributed by atoms with Gasteiger partial charge in [-0.05, 0) is 61.8 Å². The van der Waals surface area contributed by atoms with Gasteiger partial charge in [-0.25, -0.2) is 4.98 Å². The van der Waals surface area contributed by atoms with Crippen LogP contribution in [0, 0.1) is 5.92 Å². The first-order chi connectivity index (χ1) is 14.0. The maximum atomic E-state index is 6.26. The first-order valence-electron chi connectivity index (χ1n) is 10.6. The fourth-order valence-electron chi connectivity index (χ4n) is 4.03. The van der Waals surface area contributed by atoms with Gasteiger partial charge in [0.15, 0.2) is 0 Å². The summed E-state index contributed by atoms with van der Waals surface area (Å²) < 4.78 is 5.49. The van der Waals surface area contributed by atoms with E-state index in [9.17, 15) is 0 Å². The van der Waals surface area contributed by atoms with E-state index in [4.69, 9.17) is 21.3 Å². The van der Waals surface area contributed by atoms with E-state index in [2.05, 4.69) is 50.0 Å². The summed E-state index contributed by atoms with van der Waals surface area (Å²) in [5.74, 6) is 1.34. The number of methoxy groups -OCH3 is 1. The van der Waals surface area contributed by atoms with Gasteiger partial charge in [0.2, 0.25) is 0 Å². The summed E-state index contributed by atoms with van der Waals surface area (Å²) in [4.78, 5) is 7.33. The number of rotatable bonds is 9. The third kappa shape index (κ3) is 4.76. The van der Waals surface area contributed by atoms with Crippen molar-refractivity contribution in [3.05, 3.63) is 41.4 Å². The Balaban J connectivity index is 2.08. The van der Waals surface area contributed by atoms with Crippen molar-refractivity contribution in [3.63, 3.8) is 0 Å². The largest absolute Gasteiger partial charge is 0.497 e. The molecule has 1 heterocycles. The molecule has 2 aromatic carbocycles. The number of nitrogens with one attached hydrogen (secondary N) is 1. The molecular weight excluding hydrogens is 382 g/mol. The van der Waals surface area contributed by atoms with Crippen LogP contribution in [0.2, 0.25) is 5.02 Å². The Bertz CT molecular complexity index is 971. The van der Waals surface area contributed by atoms with Crippen molar-refractivity contribution in [3.8, 4) is 5.75 Å². The third-order valence-electron chi connectivity index (χ3n) is 5.84. The highest BCUT2D eigenvalue weighted by atomic mass is 35.5. The number of halogens is 1. The smallest absolute Gasteiger partial charge is 0.119 e. The molecule has 156 valence electrons. The van der Waals surface area contributed by atoms with Gasteiger partial charge in [0.25, 0.3) is 0 Å². The lowest BCUT2D eigenvalue weighted by Gasteiger charge is -2.30. The van der Waals surface area contributed by atoms with Gasteiger partial charge >= 0.3 is 0 Å². The van der Waals surface area contributed by atoms with Crippen molar-refractivity contribution >= 4 is 39.1 Å². The average Bonchev–Trinajstić information content (AvgIpc) is 2.74. The number of fused-ring (bicyclic) bond motifs is 2. The minimum absolute atomic E-state index is 0.353. The van der Waals surface area contributed by atoms with Crippen molar-refractivity contribution < 1.29 is 4.74 Å². The highest BCUT2D eigenvalue weighted by Crippen LogP contribution is 2.35. The molecule has 0 amide bonds. The minimum atomic E-state index is 0.353. The SMILES string of the molecule is CCC(Nc1c2ccc(Cl)cc2nc2ccc(OC)cc12)C(C)CN(CC)CC. The average molecular weight is 414 g/mol. The number of ether oxygens (including phenoxy) is 1. The van der Waals surface area contributed by atoms with E-state index in [-0.39, 0.29) is 0 Å². The lowest BCUT2D eigenvalue weighted by molar-refractivity contribution is 0.245. The highest BCUT2D eigenvalue weighted by Gasteiger charge is 2.20.